The summed E-state index contributed by atoms with van der Waals surface area (Å²) in [5.74, 6) is 0.407. The molecule has 6 heteroatoms. The van der Waals surface area contributed by atoms with Crippen molar-refractivity contribution in [1.29, 1.82) is 0 Å². The standard InChI is InChI=1S/C12H9Br2FN2O/c1-18-8-2-3-9(14)11(5-8)17-12-10(15)4-7(13)6-16-12/h2-6H,1H3,(H,16,17). The van der Waals surface area contributed by atoms with E-state index in [1.807, 2.05) is 6.07 Å². The number of methoxy groups -OCH3 is 1. The summed E-state index contributed by atoms with van der Waals surface area (Å²) in [7, 11) is 1.57. The van der Waals surface area contributed by atoms with E-state index in [0.717, 1.165) is 4.47 Å². The molecule has 0 saturated carbocycles. The number of benzene rings is 1. The molecule has 1 aromatic carbocycles. The Hall–Kier alpha value is -1.14. The van der Waals surface area contributed by atoms with Crippen LogP contribution in [0.15, 0.2) is 39.4 Å². The van der Waals surface area contributed by atoms with Crippen molar-refractivity contribution in [2.75, 3.05) is 12.4 Å². The molecule has 0 saturated heterocycles. The Labute approximate surface area is 121 Å². The van der Waals surface area contributed by atoms with Gasteiger partial charge in [-0.25, -0.2) is 9.37 Å². The number of nitrogens with zero attached hydrogens (tertiary/aromatic N) is 1. The summed E-state index contributed by atoms with van der Waals surface area (Å²) in [5.41, 5.74) is 0.683. The smallest absolute Gasteiger partial charge is 0.166 e. The third kappa shape index (κ3) is 3.00. The second-order valence-corrected chi connectivity index (χ2v) is 5.22. The molecule has 0 radical (unpaired) electrons. The van der Waals surface area contributed by atoms with Crippen LogP contribution < -0.4 is 10.1 Å². The van der Waals surface area contributed by atoms with Crippen LogP contribution in [0.25, 0.3) is 0 Å². The monoisotopic (exact) mass is 374 g/mol. The van der Waals surface area contributed by atoms with E-state index in [0.29, 0.717) is 15.9 Å². The summed E-state index contributed by atoms with van der Waals surface area (Å²) in [6.45, 7) is 0. The summed E-state index contributed by atoms with van der Waals surface area (Å²) < 4.78 is 20.2. The zero-order valence-corrected chi connectivity index (χ0v) is 12.5. The molecule has 0 aliphatic rings. The fraction of sp³-hybridized carbons (Fsp3) is 0.0833. The molecule has 94 valence electrons. The van der Waals surface area contributed by atoms with Gasteiger partial charge < -0.3 is 10.1 Å². The number of nitrogens with one attached hydrogen (secondary N) is 1. The van der Waals surface area contributed by atoms with Crippen molar-refractivity contribution in [1.82, 2.24) is 4.98 Å². The second-order valence-electron chi connectivity index (χ2n) is 3.45. The fourth-order valence-electron chi connectivity index (χ4n) is 1.36. The topological polar surface area (TPSA) is 34.1 Å². The summed E-state index contributed by atoms with van der Waals surface area (Å²) in [5, 5.41) is 2.91. The Bertz CT molecular complexity index is 578. The lowest BCUT2D eigenvalue weighted by Crippen LogP contribution is -1.98. The van der Waals surface area contributed by atoms with Gasteiger partial charge in [0, 0.05) is 21.2 Å². The lowest BCUT2D eigenvalue weighted by atomic mass is 10.3. The van der Waals surface area contributed by atoms with Gasteiger partial charge in [0.15, 0.2) is 11.6 Å². The molecule has 3 nitrogen and oxygen atoms in total. The summed E-state index contributed by atoms with van der Waals surface area (Å²) in [4.78, 5) is 3.98. The number of aromatic nitrogens is 1. The first-order valence-electron chi connectivity index (χ1n) is 5.02. The van der Waals surface area contributed by atoms with Crippen LogP contribution in [0.2, 0.25) is 0 Å². The Morgan fingerprint density at radius 2 is 2.06 bits per heavy atom. The largest absolute Gasteiger partial charge is 0.497 e. The van der Waals surface area contributed by atoms with E-state index < -0.39 is 5.82 Å². The molecule has 2 aromatic rings. The van der Waals surface area contributed by atoms with Gasteiger partial charge in [0.25, 0.3) is 0 Å². The molecular weight excluding hydrogens is 367 g/mol. The van der Waals surface area contributed by atoms with Crippen LogP contribution >= 0.6 is 31.9 Å². The van der Waals surface area contributed by atoms with Crippen LogP contribution in [-0.4, -0.2) is 12.1 Å². The van der Waals surface area contributed by atoms with E-state index in [1.54, 1.807) is 19.2 Å². The third-order valence-electron chi connectivity index (χ3n) is 2.23. The molecule has 2 rings (SSSR count). The summed E-state index contributed by atoms with van der Waals surface area (Å²) >= 11 is 6.54. The van der Waals surface area contributed by atoms with E-state index in [4.69, 9.17) is 4.74 Å². The Kier molecular flexibility index (Phi) is 4.19. The fourth-order valence-corrected chi connectivity index (χ4v) is 2.01. The van der Waals surface area contributed by atoms with Crippen LogP contribution in [-0.2, 0) is 0 Å². The van der Waals surface area contributed by atoms with Gasteiger partial charge in [0.2, 0.25) is 0 Å². The summed E-state index contributed by atoms with van der Waals surface area (Å²) in [6.07, 6.45) is 1.53. The van der Waals surface area contributed by atoms with Crippen LogP contribution in [0, 0.1) is 5.82 Å². The van der Waals surface area contributed by atoms with E-state index in [9.17, 15) is 4.39 Å². The van der Waals surface area contributed by atoms with Gasteiger partial charge in [-0.3, -0.25) is 0 Å². The normalized spacial score (nSPS) is 10.2. The molecule has 0 bridgehead atoms. The molecular formula is C12H9Br2FN2O. The van der Waals surface area contributed by atoms with Gasteiger partial charge in [0.05, 0.1) is 12.8 Å². The maximum absolute atomic E-state index is 13.6. The molecule has 0 fully saturated rings. The van der Waals surface area contributed by atoms with Gasteiger partial charge in [-0.15, -0.1) is 0 Å². The Morgan fingerprint density at radius 3 is 2.72 bits per heavy atom. The minimum absolute atomic E-state index is 0.159. The van der Waals surface area contributed by atoms with E-state index >= 15 is 0 Å². The zero-order chi connectivity index (χ0) is 13.1. The SMILES string of the molecule is COc1ccc(Br)c(Nc2ncc(Br)cc2F)c1. The third-order valence-corrected chi connectivity index (χ3v) is 3.36. The number of ether oxygens (including phenoxy) is 1. The minimum atomic E-state index is -0.431. The predicted octanol–water partition coefficient (Wildman–Crippen LogP) is 4.50. The van der Waals surface area contributed by atoms with Crippen molar-refractivity contribution in [2.45, 2.75) is 0 Å². The predicted molar refractivity (Wildman–Crippen MR) is 75.9 cm³/mol. The van der Waals surface area contributed by atoms with E-state index in [-0.39, 0.29) is 5.82 Å². The van der Waals surface area contributed by atoms with Crippen LogP contribution in [0.5, 0.6) is 5.75 Å². The highest BCUT2D eigenvalue weighted by molar-refractivity contribution is 9.10. The highest BCUT2D eigenvalue weighted by Gasteiger charge is 2.08. The number of halogens is 3. The second kappa shape index (κ2) is 5.67. The summed E-state index contributed by atoms with van der Waals surface area (Å²) in [6, 6.07) is 6.73. The van der Waals surface area contributed by atoms with E-state index in [2.05, 4.69) is 42.2 Å². The number of rotatable bonds is 3. The number of hydrogen-bond acceptors (Lipinski definition) is 3. The van der Waals surface area contributed by atoms with Crippen LogP contribution in [0.1, 0.15) is 0 Å². The Morgan fingerprint density at radius 1 is 1.28 bits per heavy atom. The van der Waals surface area contributed by atoms with Gasteiger partial charge in [-0.05, 0) is 50.1 Å². The lowest BCUT2D eigenvalue weighted by Gasteiger charge is -2.10. The van der Waals surface area contributed by atoms with E-state index in [1.165, 1.54) is 12.3 Å². The maximum atomic E-state index is 13.6. The van der Waals surface area contributed by atoms with Gasteiger partial charge >= 0.3 is 0 Å². The quantitative estimate of drug-likeness (QED) is 0.857. The average Bonchev–Trinajstić information content (AvgIpc) is 2.35. The molecule has 0 unspecified atom stereocenters. The van der Waals surface area contributed by atoms with Gasteiger partial charge in [-0.2, -0.15) is 0 Å². The molecule has 0 aliphatic carbocycles. The van der Waals surface area contributed by atoms with Crippen molar-refractivity contribution in [3.05, 3.63) is 45.2 Å². The van der Waals surface area contributed by atoms with Crippen molar-refractivity contribution in [2.24, 2.45) is 0 Å². The number of hydrogen-bond donors (Lipinski definition) is 1. The van der Waals surface area contributed by atoms with Crippen molar-refractivity contribution in [3.8, 4) is 5.75 Å². The molecule has 18 heavy (non-hydrogen) atoms. The van der Waals surface area contributed by atoms with Gasteiger partial charge in [-0.1, -0.05) is 0 Å². The van der Waals surface area contributed by atoms with Crippen LogP contribution in [0.3, 0.4) is 0 Å². The molecule has 1 heterocycles. The highest BCUT2D eigenvalue weighted by Crippen LogP contribution is 2.30. The lowest BCUT2D eigenvalue weighted by molar-refractivity contribution is 0.415. The average molecular weight is 376 g/mol. The van der Waals surface area contributed by atoms with Crippen molar-refractivity contribution in [3.63, 3.8) is 0 Å². The molecule has 1 aromatic heterocycles. The molecule has 0 amide bonds. The minimum Gasteiger partial charge on any atom is -0.497 e. The number of pyridine rings is 1. The first kappa shape index (κ1) is 13.3. The molecule has 0 atom stereocenters. The Balaban J connectivity index is 2.33. The molecule has 1 N–H and O–H groups in total. The maximum Gasteiger partial charge on any atom is 0.166 e. The number of anilines is 2. The van der Waals surface area contributed by atoms with Crippen molar-refractivity contribution >= 4 is 43.4 Å². The zero-order valence-electron chi connectivity index (χ0n) is 9.38. The van der Waals surface area contributed by atoms with Crippen molar-refractivity contribution < 1.29 is 9.13 Å². The first-order valence-corrected chi connectivity index (χ1v) is 6.60. The molecule has 0 spiro atoms. The molecule has 0 aliphatic heterocycles. The van der Waals surface area contributed by atoms with Gasteiger partial charge in [0.1, 0.15) is 5.75 Å². The van der Waals surface area contributed by atoms with Crippen LogP contribution in [0.4, 0.5) is 15.9 Å². The first-order chi connectivity index (χ1) is 8.60. The highest BCUT2D eigenvalue weighted by atomic mass is 79.9.